The van der Waals surface area contributed by atoms with Gasteiger partial charge >= 0.3 is 0 Å². The molecule has 0 amide bonds. The van der Waals surface area contributed by atoms with E-state index in [1.165, 1.54) is 33.5 Å². The number of anilines is 1. The minimum absolute atomic E-state index is 0.0282. The molecule has 126 valence electrons. The van der Waals surface area contributed by atoms with Gasteiger partial charge in [0.1, 0.15) is 0 Å². The maximum Gasteiger partial charge on any atom is 0.0369 e. The molecule has 0 bridgehead atoms. The van der Waals surface area contributed by atoms with Crippen LogP contribution < -0.4 is 10.6 Å². The summed E-state index contributed by atoms with van der Waals surface area (Å²) in [4.78, 5) is 2.41. The second-order valence-corrected chi connectivity index (χ2v) is 6.97. The number of nitrogens with zero attached hydrogens (tertiary/aromatic N) is 1. The molecule has 1 aliphatic carbocycles. The van der Waals surface area contributed by atoms with Crippen molar-refractivity contribution in [3.05, 3.63) is 59.2 Å². The minimum Gasteiger partial charge on any atom is -0.372 e. The van der Waals surface area contributed by atoms with Crippen LogP contribution in [-0.4, -0.2) is 19.6 Å². The lowest BCUT2D eigenvalue weighted by Crippen LogP contribution is -2.22. The van der Waals surface area contributed by atoms with Crippen LogP contribution in [0.3, 0.4) is 0 Å². The third-order valence-corrected chi connectivity index (χ3v) is 5.26. The summed E-state index contributed by atoms with van der Waals surface area (Å²) in [6, 6.07) is 13.7. The first-order chi connectivity index (χ1) is 11.5. The smallest absolute Gasteiger partial charge is 0.0369 e. The summed E-state index contributed by atoms with van der Waals surface area (Å²) < 4.78 is 0. The highest BCUT2D eigenvalue weighted by molar-refractivity contribution is 5.83. The summed E-state index contributed by atoms with van der Waals surface area (Å²) in [6.07, 6.45) is 4.12. The Bertz CT molecular complexity index is 768. The molecule has 0 aliphatic heterocycles. The van der Waals surface area contributed by atoms with Crippen LogP contribution in [-0.2, 0) is 5.41 Å². The molecule has 2 heteroatoms. The highest BCUT2D eigenvalue weighted by atomic mass is 15.1. The molecule has 0 spiro atoms. The molecule has 2 aromatic rings. The van der Waals surface area contributed by atoms with Gasteiger partial charge in [0.05, 0.1) is 0 Å². The molecular weight excluding hydrogens is 292 g/mol. The van der Waals surface area contributed by atoms with E-state index in [2.05, 4.69) is 75.1 Å². The number of benzene rings is 2. The van der Waals surface area contributed by atoms with Crippen LogP contribution in [0.25, 0.3) is 17.2 Å². The van der Waals surface area contributed by atoms with Crippen molar-refractivity contribution < 1.29 is 0 Å². The van der Waals surface area contributed by atoms with Crippen LogP contribution in [0.15, 0.2) is 42.5 Å². The molecule has 3 rings (SSSR count). The molecule has 2 N–H and O–H groups in total. The molecule has 2 nitrogen and oxygen atoms in total. The summed E-state index contributed by atoms with van der Waals surface area (Å²) in [5.41, 5.74) is 13.8. The topological polar surface area (TPSA) is 29.3 Å². The predicted molar refractivity (Wildman–Crippen MR) is 106 cm³/mol. The average Bonchev–Trinajstić information content (AvgIpc) is 2.82. The monoisotopic (exact) mass is 320 g/mol. The van der Waals surface area contributed by atoms with Gasteiger partial charge in [-0.1, -0.05) is 50.3 Å². The molecule has 0 saturated carbocycles. The lowest BCUT2D eigenvalue weighted by Gasteiger charge is -2.25. The van der Waals surface area contributed by atoms with Gasteiger partial charge in [-0.15, -0.1) is 0 Å². The lowest BCUT2D eigenvalue weighted by atomic mass is 9.82. The highest BCUT2D eigenvalue weighted by Crippen LogP contribution is 2.49. The average molecular weight is 320 g/mol. The first kappa shape index (κ1) is 16.8. The molecule has 2 aromatic carbocycles. The molecular formula is C22H28N2. The molecule has 0 saturated heterocycles. The number of rotatable bonds is 5. The zero-order valence-electron chi connectivity index (χ0n) is 15.3. The fraction of sp³-hybridized carbons (Fsp3) is 0.364. The van der Waals surface area contributed by atoms with Crippen LogP contribution in [0, 0.1) is 0 Å². The standard InChI is InChI=1S/C22H28N2/c1-5-24(6-2)17-10-12-19-18-11-9-16(8-7-13-23)14-20(18)22(3,4)21(19)15-17/h7-12,14-15H,5-6,13,23H2,1-4H3/b8-7+. The maximum atomic E-state index is 5.59. The first-order valence-corrected chi connectivity index (χ1v) is 8.93. The molecule has 0 unspecified atom stereocenters. The summed E-state index contributed by atoms with van der Waals surface area (Å²) in [6.45, 7) is 11.8. The molecule has 0 aromatic heterocycles. The lowest BCUT2D eigenvalue weighted by molar-refractivity contribution is 0.659. The normalized spacial score (nSPS) is 14.7. The first-order valence-electron chi connectivity index (χ1n) is 8.93. The van der Waals surface area contributed by atoms with Crippen LogP contribution in [0.1, 0.15) is 44.4 Å². The number of hydrogen-bond donors (Lipinski definition) is 1. The summed E-state index contributed by atoms with van der Waals surface area (Å²) in [5, 5.41) is 0. The predicted octanol–water partition coefficient (Wildman–Crippen LogP) is 4.81. The number of fused-ring (bicyclic) bond motifs is 3. The summed E-state index contributed by atoms with van der Waals surface area (Å²) in [7, 11) is 0. The second kappa shape index (κ2) is 6.45. The van der Waals surface area contributed by atoms with E-state index in [4.69, 9.17) is 5.73 Å². The van der Waals surface area contributed by atoms with Crippen LogP contribution in [0.2, 0.25) is 0 Å². The van der Waals surface area contributed by atoms with Crippen molar-refractivity contribution in [1.82, 2.24) is 0 Å². The van der Waals surface area contributed by atoms with Gasteiger partial charge in [-0.05, 0) is 53.8 Å². The van der Waals surface area contributed by atoms with E-state index in [0.29, 0.717) is 6.54 Å². The zero-order chi connectivity index (χ0) is 17.3. The Labute approximate surface area is 146 Å². The molecule has 1 aliphatic rings. The van der Waals surface area contributed by atoms with Gasteiger partial charge < -0.3 is 10.6 Å². The van der Waals surface area contributed by atoms with Gasteiger partial charge in [-0.25, -0.2) is 0 Å². The van der Waals surface area contributed by atoms with E-state index in [1.54, 1.807) is 0 Å². The van der Waals surface area contributed by atoms with E-state index >= 15 is 0 Å². The van der Waals surface area contributed by atoms with Crippen molar-refractivity contribution in [3.8, 4) is 11.1 Å². The Morgan fingerprint density at radius 3 is 2.21 bits per heavy atom. The van der Waals surface area contributed by atoms with Crippen molar-refractivity contribution in [2.75, 3.05) is 24.5 Å². The Kier molecular flexibility index (Phi) is 4.51. The maximum absolute atomic E-state index is 5.59. The second-order valence-electron chi connectivity index (χ2n) is 6.97. The third kappa shape index (κ3) is 2.65. The Balaban J connectivity index is 2.10. The molecule has 24 heavy (non-hydrogen) atoms. The summed E-state index contributed by atoms with van der Waals surface area (Å²) >= 11 is 0. The fourth-order valence-electron chi connectivity index (χ4n) is 3.84. The third-order valence-electron chi connectivity index (χ3n) is 5.26. The highest BCUT2D eigenvalue weighted by Gasteiger charge is 2.35. The SMILES string of the molecule is CCN(CC)c1ccc2c(c1)C(C)(C)c1cc(/C=C/CN)ccc1-2. The van der Waals surface area contributed by atoms with Gasteiger partial charge in [0.25, 0.3) is 0 Å². The number of hydrogen-bond acceptors (Lipinski definition) is 2. The molecule has 0 fully saturated rings. The largest absolute Gasteiger partial charge is 0.372 e. The van der Waals surface area contributed by atoms with Crippen molar-refractivity contribution in [2.45, 2.75) is 33.1 Å². The van der Waals surface area contributed by atoms with E-state index in [9.17, 15) is 0 Å². The van der Waals surface area contributed by atoms with E-state index < -0.39 is 0 Å². The van der Waals surface area contributed by atoms with E-state index in [0.717, 1.165) is 13.1 Å². The molecule has 0 radical (unpaired) electrons. The number of nitrogens with two attached hydrogens (primary N) is 1. The van der Waals surface area contributed by atoms with Gasteiger partial charge in [0, 0.05) is 30.7 Å². The fourth-order valence-corrected chi connectivity index (χ4v) is 3.84. The molecule has 0 heterocycles. The van der Waals surface area contributed by atoms with E-state index in [-0.39, 0.29) is 5.41 Å². The Morgan fingerprint density at radius 1 is 0.958 bits per heavy atom. The van der Waals surface area contributed by atoms with Gasteiger partial charge in [0.15, 0.2) is 0 Å². The Morgan fingerprint density at radius 2 is 1.58 bits per heavy atom. The van der Waals surface area contributed by atoms with Crippen LogP contribution in [0.5, 0.6) is 0 Å². The zero-order valence-corrected chi connectivity index (χ0v) is 15.3. The van der Waals surface area contributed by atoms with Crippen molar-refractivity contribution in [3.63, 3.8) is 0 Å². The Hall–Kier alpha value is -2.06. The van der Waals surface area contributed by atoms with Gasteiger partial charge in [-0.2, -0.15) is 0 Å². The molecule has 0 atom stereocenters. The van der Waals surface area contributed by atoms with Crippen molar-refractivity contribution in [2.24, 2.45) is 5.73 Å². The van der Waals surface area contributed by atoms with E-state index in [1.807, 2.05) is 6.08 Å². The van der Waals surface area contributed by atoms with Crippen molar-refractivity contribution >= 4 is 11.8 Å². The van der Waals surface area contributed by atoms with Crippen molar-refractivity contribution in [1.29, 1.82) is 0 Å². The summed E-state index contributed by atoms with van der Waals surface area (Å²) in [5.74, 6) is 0. The van der Waals surface area contributed by atoms with Crippen LogP contribution in [0.4, 0.5) is 5.69 Å². The van der Waals surface area contributed by atoms with Crippen LogP contribution >= 0.6 is 0 Å². The minimum atomic E-state index is 0.0282. The van der Waals surface area contributed by atoms with Gasteiger partial charge in [-0.3, -0.25) is 0 Å². The quantitative estimate of drug-likeness (QED) is 0.856. The van der Waals surface area contributed by atoms with Gasteiger partial charge in [0.2, 0.25) is 0 Å².